The van der Waals surface area contributed by atoms with Gasteiger partial charge in [-0.25, -0.2) is 4.79 Å². The van der Waals surface area contributed by atoms with E-state index in [9.17, 15) is 9.90 Å². The van der Waals surface area contributed by atoms with Gasteiger partial charge < -0.3 is 9.84 Å². The lowest BCUT2D eigenvalue weighted by Gasteiger charge is -2.44. The Labute approximate surface area is 109 Å². The summed E-state index contributed by atoms with van der Waals surface area (Å²) in [5.74, 6) is -0.0293. The van der Waals surface area contributed by atoms with Gasteiger partial charge in [-0.05, 0) is 45.1 Å². The second-order valence-electron chi connectivity index (χ2n) is 5.53. The molecule has 3 unspecified atom stereocenters. The molecule has 0 bridgehead atoms. The number of rotatable bonds is 5. The molecule has 2 fully saturated rings. The first-order valence-corrected chi connectivity index (χ1v) is 7.30. The number of aliphatic carboxylic acids is 1. The molecule has 0 aromatic rings. The van der Waals surface area contributed by atoms with Crippen molar-refractivity contribution in [3.63, 3.8) is 0 Å². The zero-order valence-electron chi connectivity index (χ0n) is 11.3. The number of likely N-dealkylation sites (tertiary alicyclic amines) is 1. The molecule has 1 N–H and O–H groups in total. The number of ether oxygens (including phenoxy) is 1. The topological polar surface area (TPSA) is 49.8 Å². The molecule has 104 valence electrons. The molecule has 1 aliphatic carbocycles. The fourth-order valence-electron chi connectivity index (χ4n) is 3.57. The van der Waals surface area contributed by atoms with Crippen LogP contribution in [-0.2, 0) is 9.53 Å². The SMILES string of the molecule is CCOC(CN1CCCC2CCCCC21)C(=O)O. The molecule has 0 aromatic heterocycles. The minimum Gasteiger partial charge on any atom is -0.479 e. The predicted octanol–water partition coefficient (Wildman–Crippen LogP) is 2.13. The van der Waals surface area contributed by atoms with Crippen molar-refractivity contribution in [2.45, 2.75) is 57.6 Å². The second kappa shape index (κ2) is 6.53. The van der Waals surface area contributed by atoms with Crippen LogP contribution in [0.2, 0.25) is 0 Å². The lowest BCUT2D eigenvalue weighted by molar-refractivity contribution is -0.152. The van der Waals surface area contributed by atoms with Crippen molar-refractivity contribution in [3.8, 4) is 0 Å². The molecule has 1 aliphatic heterocycles. The Hall–Kier alpha value is -0.610. The summed E-state index contributed by atoms with van der Waals surface area (Å²) in [7, 11) is 0. The van der Waals surface area contributed by atoms with Crippen LogP contribution in [-0.4, -0.2) is 47.8 Å². The van der Waals surface area contributed by atoms with E-state index >= 15 is 0 Å². The van der Waals surface area contributed by atoms with Crippen LogP contribution in [0.1, 0.15) is 45.4 Å². The van der Waals surface area contributed by atoms with E-state index in [2.05, 4.69) is 4.90 Å². The summed E-state index contributed by atoms with van der Waals surface area (Å²) in [6.45, 7) is 3.93. The number of carbonyl (C=O) groups is 1. The van der Waals surface area contributed by atoms with Crippen LogP contribution >= 0.6 is 0 Å². The maximum atomic E-state index is 11.2. The molecule has 0 aromatic carbocycles. The summed E-state index contributed by atoms with van der Waals surface area (Å²) >= 11 is 0. The minimum absolute atomic E-state index is 0.471. The van der Waals surface area contributed by atoms with Gasteiger partial charge >= 0.3 is 5.97 Å². The Morgan fingerprint density at radius 1 is 1.33 bits per heavy atom. The Kier molecular flexibility index (Phi) is 5.01. The summed E-state index contributed by atoms with van der Waals surface area (Å²) < 4.78 is 5.34. The highest BCUT2D eigenvalue weighted by Crippen LogP contribution is 2.35. The number of piperidine rings is 1. The molecular weight excluding hydrogens is 230 g/mol. The fraction of sp³-hybridized carbons (Fsp3) is 0.929. The minimum atomic E-state index is -0.824. The predicted molar refractivity (Wildman–Crippen MR) is 69.6 cm³/mol. The smallest absolute Gasteiger partial charge is 0.334 e. The first-order valence-electron chi connectivity index (χ1n) is 7.30. The largest absolute Gasteiger partial charge is 0.479 e. The molecule has 1 heterocycles. The standard InChI is InChI=1S/C14H25NO3/c1-2-18-13(14(16)17)10-15-9-5-7-11-6-3-4-8-12(11)15/h11-13H,2-10H2,1H3,(H,16,17). The molecule has 4 nitrogen and oxygen atoms in total. The number of hydrogen-bond donors (Lipinski definition) is 1. The number of hydrogen-bond acceptors (Lipinski definition) is 3. The lowest BCUT2D eigenvalue weighted by Crippen LogP contribution is -2.51. The van der Waals surface area contributed by atoms with Crippen LogP contribution in [0.25, 0.3) is 0 Å². The van der Waals surface area contributed by atoms with Crippen LogP contribution < -0.4 is 0 Å². The van der Waals surface area contributed by atoms with Gasteiger partial charge in [-0.2, -0.15) is 0 Å². The van der Waals surface area contributed by atoms with Gasteiger partial charge in [-0.1, -0.05) is 12.8 Å². The molecule has 0 amide bonds. The Morgan fingerprint density at radius 3 is 2.78 bits per heavy atom. The summed E-state index contributed by atoms with van der Waals surface area (Å²) in [6.07, 6.45) is 7.09. The van der Waals surface area contributed by atoms with Crippen molar-refractivity contribution in [1.82, 2.24) is 4.90 Å². The maximum absolute atomic E-state index is 11.2. The summed E-state index contributed by atoms with van der Waals surface area (Å²) in [4.78, 5) is 13.5. The Morgan fingerprint density at radius 2 is 2.06 bits per heavy atom. The van der Waals surface area contributed by atoms with Crippen LogP contribution in [0.5, 0.6) is 0 Å². The Bertz CT molecular complexity index is 280. The first-order chi connectivity index (χ1) is 8.72. The van der Waals surface area contributed by atoms with Crippen LogP contribution in [0.3, 0.4) is 0 Å². The van der Waals surface area contributed by atoms with Gasteiger partial charge in [-0.3, -0.25) is 4.90 Å². The van der Waals surface area contributed by atoms with Crippen molar-refractivity contribution in [1.29, 1.82) is 0 Å². The monoisotopic (exact) mass is 255 g/mol. The number of fused-ring (bicyclic) bond motifs is 1. The third kappa shape index (κ3) is 3.23. The third-order valence-corrected chi connectivity index (χ3v) is 4.40. The summed E-state index contributed by atoms with van der Waals surface area (Å²) in [5.41, 5.74) is 0. The third-order valence-electron chi connectivity index (χ3n) is 4.40. The quantitative estimate of drug-likeness (QED) is 0.817. The molecule has 2 aliphatic rings. The molecular formula is C14H25NO3. The maximum Gasteiger partial charge on any atom is 0.334 e. The van der Waals surface area contributed by atoms with Gasteiger partial charge in [-0.15, -0.1) is 0 Å². The lowest BCUT2D eigenvalue weighted by atomic mass is 9.78. The second-order valence-corrected chi connectivity index (χ2v) is 5.53. The van der Waals surface area contributed by atoms with E-state index in [1.807, 2.05) is 6.92 Å². The van der Waals surface area contributed by atoms with Crippen molar-refractivity contribution in [2.75, 3.05) is 19.7 Å². The van der Waals surface area contributed by atoms with Crippen molar-refractivity contribution in [3.05, 3.63) is 0 Å². The molecule has 4 heteroatoms. The normalized spacial score (nSPS) is 30.7. The highest BCUT2D eigenvalue weighted by molar-refractivity contribution is 5.72. The molecule has 1 saturated heterocycles. The average Bonchev–Trinajstić information content (AvgIpc) is 2.38. The van der Waals surface area contributed by atoms with Gasteiger partial charge in [0, 0.05) is 19.2 Å². The molecule has 18 heavy (non-hydrogen) atoms. The van der Waals surface area contributed by atoms with E-state index in [0.717, 1.165) is 12.5 Å². The van der Waals surface area contributed by atoms with Crippen molar-refractivity contribution in [2.24, 2.45) is 5.92 Å². The molecule has 3 atom stereocenters. The number of nitrogens with zero attached hydrogens (tertiary/aromatic N) is 1. The van der Waals surface area contributed by atoms with Crippen LogP contribution in [0.15, 0.2) is 0 Å². The van der Waals surface area contributed by atoms with Gasteiger partial charge in [0.05, 0.1) is 0 Å². The van der Waals surface area contributed by atoms with Crippen LogP contribution in [0, 0.1) is 5.92 Å². The average molecular weight is 255 g/mol. The van der Waals surface area contributed by atoms with Crippen molar-refractivity contribution >= 4 is 5.97 Å². The van der Waals surface area contributed by atoms with Gasteiger partial charge in [0.1, 0.15) is 0 Å². The van der Waals surface area contributed by atoms with Gasteiger partial charge in [0.2, 0.25) is 0 Å². The highest BCUT2D eigenvalue weighted by atomic mass is 16.5. The fourth-order valence-corrected chi connectivity index (χ4v) is 3.57. The summed E-state index contributed by atoms with van der Waals surface area (Å²) in [5, 5.41) is 9.18. The van der Waals surface area contributed by atoms with E-state index in [4.69, 9.17) is 4.74 Å². The van der Waals surface area contributed by atoms with E-state index in [-0.39, 0.29) is 0 Å². The Balaban J connectivity index is 1.95. The van der Waals surface area contributed by atoms with Crippen molar-refractivity contribution < 1.29 is 14.6 Å². The molecule has 0 radical (unpaired) electrons. The number of carboxylic acid groups (broad SMARTS) is 1. The summed E-state index contributed by atoms with van der Waals surface area (Å²) in [6, 6.07) is 0.606. The zero-order chi connectivity index (χ0) is 13.0. The first kappa shape index (κ1) is 13.8. The van der Waals surface area contributed by atoms with Gasteiger partial charge in [0.25, 0.3) is 0 Å². The molecule has 2 rings (SSSR count). The molecule has 1 saturated carbocycles. The number of carboxylic acids is 1. The van der Waals surface area contributed by atoms with E-state index in [1.54, 1.807) is 0 Å². The van der Waals surface area contributed by atoms with Gasteiger partial charge in [0.15, 0.2) is 6.10 Å². The zero-order valence-corrected chi connectivity index (χ0v) is 11.3. The molecule has 0 spiro atoms. The van der Waals surface area contributed by atoms with E-state index in [1.165, 1.54) is 38.5 Å². The highest BCUT2D eigenvalue weighted by Gasteiger charge is 2.35. The van der Waals surface area contributed by atoms with Crippen LogP contribution in [0.4, 0.5) is 0 Å². The van der Waals surface area contributed by atoms with E-state index in [0.29, 0.717) is 19.2 Å². The van der Waals surface area contributed by atoms with E-state index < -0.39 is 12.1 Å².